The summed E-state index contributed by atoms with van der Waals surface area (Å²) in [4.78, 5) is 10.7. The van der Waals surface area contributed by atoms with Crippen LogP contribution in [-0.2, 0) is 4.65 Å². The van der Waals surface area contributed by atoms with Gasteiger partial charge in [0, 0.05) is 0 Å². The molecule has 0 saturated carbocycles. The van der Waals surface area contributed by atoms with Gasteiger partial charge in [0.1, 0.15) is 0 Å². The van der Waals surface area contributed by atoms with Crippen LogP contribution >= 0.6 is 0 Å². The second-order valence-electron chi connectivity index (χ2n) is 1.71. The molecule has 0 atom stereocenters. The van der Waals surface area contributed by atoms with Gasteiger partial charge in [-0.1, -0.05) is 0 Å². The molecule has 0 saturated heterocycles. The minimum absolute atomic E-state index is 0.0712. The molecule has 1 heterocycles. The summed E-state index contributed by atoms with van der Waals surface area (Å²) in [5, 5.41) is 16.4. The van der Waals surface area contributed by atoms with Gasteiger partial charge in [-0.3, -0.25) is 0 Å². The summed E-state index contributed by atoms with van der Waals surface area (Å²) in [6.45, 7) is 0. The summed E-state index contributed by atoms with van der Waals surface area (Å²) in [5.74, 6) is -0.983. The Bertz CT molecular complexity index is 229. The monoisotopic (exact) mass is 156 g/mol. The standard InChI is InChI=1S/C5H5BO5/c7-5(11-6(8)9)4-2-1-3-10-4/h1-3,8-9H. The predicted molar refractivity (Wildman–Crippen MR) is 34.3 cm³/mol. The van der Waals surface area contributed by atoms with Crippen LogP contribution in [0.25, 0.3) is 0 Å². The summed E-state index contributed by atoms with van der Waals surface area (Å²) in [5.41, 5.74) is 0. The highest BCUT2D eigenvalue weighted by Gasteiger charge is 2.19. The third kappa shape index (κ3) is 2.10. The average molecular weight is 156 g/mol. The van der Waals surface area contributed by atoms with Gasteiger partial charge in [-0.15, -0.1) is 0 Å². The van der Waals surface area contributed by atoms with Crippen molar-refractivity contribution in [2.45, 2.75) is 0 Å². The molecule has 0 amide bonds. The molecule has 0 aliphatic carbocycles. The van der Waals surface area contributed by atoms with E-state index in [4.69, 9.17) is 10.0 Å². The van der Waals surface area contributed by atoms with E-state index in [-0.39, 0.29) is 5.76 Å². The Morgan fingerprint density at radius 3 is 2.82 bits per heavy atom. The van der Waals surface area contributed by atoms with E-state index in [1.54, 1.807) is 0 Å². The molecule has 5 nitrogen and oxygen atoms in total. The minimum atomic E-state index is -2.10. The van der Waals surface area contributed by atoms with Crippen LogP contribution < -0.4 is 0 Å². The third-order valence-electron chi connectivity index (χ3n) is 0.935. The number of furan rings is 1. The summed E-state index contributed by atoms with van der Waals surface area (Å²) >= 11 is 0. The largest absolute Gasteiger partial charge is 0.709 e. The van der Waals surface area contributed by atoms with Crippen molar-refractivity contribution in [1.29, 1.82) is 0 Å². The lowest BCUT2D eigenvalue weighted by Crippen LogP contribution is -2.21. The molecule has 2 N–H and O–H groups in total. The van der Waals surface area contributed by atoms with E-state index in [0.717, 1.165) is 0 Å². The molecular weight excluding hydrogens is 151 g/mol. The molecule has 0 aliphatic heterocycles. The molecule has 6 heteroatoms. The van der Waals surface area contributed by atoms with Crippen molar-refractivity contribution in [2.24, 2.45) is 0 Å². The van der Waals surface area contributed by atoms with Crippen LogP contribution in [0.5, 0.6) is 0 Å². The normalized spacial score (nSPS) is 9.27. The van der Waals surface area contributed by atoms with E-state index in [9.17, 15) is 4.79 Å². The minimum Gasteiger partial charge on any atom is -0.479 e. The van der Waals surface area contributed by atoms with Crippen LogP contribution in [0.1, 0.15) is 10.6 Å². The van der Waals surface area contributed by atoms with Crippen molar-refractivity contribution in [2.75, 3.05) is 0 Å². The Morgan fingerprint density at radius 2 is 2.36 bits per heavy atom. The van der Waals surface area contributed by atoms with Crippen LogP contribution in [0.3, 0.4) is 0 Å². The van der Waals surface area contributed by atoms with E-state index in [1.807, 2.05) is 0 Å². The van der Waals surface area contributed by atoms with Gasteiger partial charge in [-0.05, 0) is 12.1 Å². The van der Waals surface area contributed by atoms with Crippen LogP contribution in [0.15, 0.2) is 22.8 Å². The molecule has 0 aliphatic rings. The number of carbonyl (C=O) groups excluding carboxylic acids is 1. The fraction of sp³-hybridized carbons (Fsp3) is 0. The number of hydrogen-bond acceptors (Lipinski definition) is 5. The van der Waals surface area contributed by atoms with E-state index < -0.39 is 13.3 Å². The number of rotatable bonds is 2. The molecular formula is C5H5BO5. The van der Waals surface area contributed by atoms with Crippen molar-refractivity contribution >= 4 is 13.3 Å². The first-order valence-electron chi connectivity index (χ1n) is 2.81. The maximum Gasteiger partial charge on any atom is 0.709 e. The summed E-state index contributed by atoms with van der Waals surface area (Å²) < 4.78 is 8.57. The van der Waals surface area contributed by atoms with Crippen LogP contribution in [0, 0.1) is 0 Å². The first-order chi connectivity index (χ1) is 5.20. The van der Waals surface area contributed by atoms with Crippen molar-refractivity contribution in [1.82, 2.24) is 0 Å². The van der Waals surface area contributed by atoms with Gasteiger partial charge in [0.2, 0.25) is 5.76 Å². The second kappa shape index (κ2) is 3.22. The van der Waals surface area contributed by atoms with Crippen molar-refractivity contribution in [3.05, 3.63) is 24.2 Å². The zero-order valence-corrected chi connectivity index (χ0v) is 5.43. The molecule has 58 valence electrons. The SMILES string of the molecule is O=C(OB(O)O)c1ccco1. The van der Waals surface area contributed by atoms with Gasteiger partial charge in [0.05, 0.1) is 6.26 Å². The first-order valence-corrected chi connectivity index (χ1v) is 2.81. The molecule has 0 unspecified atom stereocenters. The van der Waals surface area contributed by atoms with Gasteiger partial charge in [-0.2, -0.15) is 0 Å². The smallest absolute Gasteiger partial charge is 0.479 e. The lowest BCUT2D eigenvalue weighted by molar-refractivity contribution is 0.0614. The molecule has 0 aromatic carbocycles. The maximum absolute atomic E-state index is 10.7. The number of hydrogen-bond donors (Lipinski definition) is 2. The second-order valence-corrected chi connectivity index (χ2v) is 1.71. The van der Waals surface area contributed by atoms with Crippen LogP contribution in [0.4, 0.5) is 0 Å². The van der Waals surface area contributed by atoms with E-state index in [1.165, 1.54) is 18.4 Å². The Balaban J connectivity index is 2.57. The average Bonchev–Trinajstić information content (AvgIpc) is 2.35. The predicted octanol–water partition coefficient (Wildman–Crippen LogP) is -0.594. The van der Waals surface area contributed by atoms with E-state index in [2.05, 4.69) is 9.07 Å². The molecule has 0 spiro atoms. The van der Waals surface area contributed by atoms with Gasteiger partial charge >= 0.3 is 13.3 Å². The van der Waals surface area contributed by atoms with Gasteiger partial charge in [0.25, 0.3) is 0 Å². The first kappa shape index (κ1) is 7.84. The summed E-state index contributed by atoms with van der Waals surface area (Å²) in [6.07, 6.45) is 1.28. The van der Waals surface area contributed by atoms with E-state index >= 15 is 0 Å². The summed E-state index contributed by atoms with van der Waals surface area (Å²) in [7, 11) is -2.10. The van der Waals surface area contributed by atoms with Crippen molar-refractivity contribution < 1.29 is 23.9 Å². The van der Waals surface area contributed by atoms with Crippen molar-refractivity contribution in [3.8, 4) is 0 Å². The molecule has 0 fully saturated rings. The fourth-order valence-corrected chi connectivity index (χ4v) is 0.549. The molecule has 1 rings (SSSR count). The Labute approximate surface area is 62.4 Å². The molecule has 0 radical (unpaired) electrons. The molecule has 0 bridgehead atoms. The fourth-order valence-electron chi connectivity index (χ4n) is 0.549. The van der Waals surface area contributed by atoms with Gasteiger partial charge < -0.3 is 19.1 Å². The zero-order valence-electron chi connectivity index (χ0n) is 5.43. The van der Waals surface area contributed by atoms with Gasteiger partial charge in [-0.25, -0.2) is 4.79 Å². The Kier molecular flexibility index (Phi) is 2.30. The molecule has 1 aromatic rings. The maximum atomic E-state index is 10.7. The highest BCUT2D eigenvalue weighted by atomic mass is 16.6. The molecule has 1 aromatic heterocycles. The van der Waals surface area contributed by atoms with Crippen LogP contribution in [0.2, 0.25) is 0 Å². The lowest BCUT2D eigenvalue weighted by atomic mass is 10.2. The highest BCUT2D eigenvalue weighted by Crippen LogP contribution is 2.01. The summed E-state index contributed by atoms with van der Waals surface area (Å²) in [6, 6.07) is 2.84. The van der Waals surface area contributed by atoms with Crippen molar-refractivity contribution in [3.63, 3.8) is 0 Å². The third-order valence-corrected chi connectivity index (χ3v) is 0.935. The molecule has 11 heavy (non-hydrogen) atoms. The Hall–Kier alpha value is -1.27. The van der Waals surface area contributed by atoms with Crippen LogP contribution in [-0.4, -0.2) is 23.3 Å². The quantitative estimate of drug-likeness (QED) is 0.559. The Morgan fingerprint density at radius 1 is 1.64 bits per heavy atom. The zero-order chi connectivity index (χ0) is 8.27. The topological polar surface area (TPSA) is 79.9 Å². The van der Waals surface area contributed by atoms with E-state index in [0.29, 0.717) is 0 Å². The number of carbonyl (C=O) groups is 1. The highest BCUT2D eigenvalue weighted by molar-refractivity contribution is 6.36. The lowest BCUT2D eigenvalue weighted by Gasteiger charge is -1.97. The van der Waals surface area contributed by atoms with Gasteiger partial charge in [0.15, 0.2) is 0 Å².